The van der Waals surface area contributed by atoms with E-state index in [0.717, 1.165) is 17.9 Å². The van der Waals surface area contributed by atoms with E-state index in [4.69, 9.17) is 4.74 Å². The van der Waals surface area contributed by atoms with Crippen molar-refractivity contribution >= 4 is 29.4 Å². The summed E-state index contributed by atoms with van der Waals surface area (Å²) in [5, 5.41) is 2.72. The number of ketones is 1. The summed E-state index contributed by atoms with van der Waals surface area (Å²) in [7, 11) is 0. The van der Waals surface area contributed by atoms with Crippen LogP contribution in [0.15, 0.2) is 0 Å². The zero-order valence-electron chi connectivity index (χ0n) is 11.4. The maximum atomic E-state index is 11.8. The van der Waals surface area contributed by atoms with Crippen molar-refractivity contribution in [3.05, 3.63) is 0 Å². The van der Waals surface area contributed by atoms with E-state index in [-0.39, 0.29) is 29.5 Å². The molecule has 0 aliphatic heterocycles. The molecule has 0 aromatic carbocycles. The van der Waals surface area contributed by atoms with E-state index in [2.05, 4.69) is 5.32 Å². The predicted molar refractivity (Wildman–Crippen MR) is 73.9 cm³/mol. The third kappa shape index (κ3) is 6.09. The summed E-state index contributed by atoms with van der Waals surface area (Å²) >= 11 is 1.66. The van der Waals surface area contributed by atoms with Gasteiger partial charge in [-0.15, -0.1) is 0 Å². The van der Waals surface area contributed by atoms with Gasteiger partial charge >= 0.3 is 5.97 Å². The maximum absolute atomic E-state index is 11.8. The highest BCUT2D eigenvalue weighted by Gasteiger charge is 2.34. The average Bonchev–Trinajstić information content (AvgIpc) is 2.67. The average molecular weight is 287 g/mol. The van der Waals surface area contributed by atoms with Crippen molar-refractivity contribution in [2.45, 2.75) is 26.7 Å². The normalized spacial score (nSPS) is 22.3. The first-order valence-electron chi connectivity index (χ1n) is 6.49. The van der Waals surface area contributed by atoms with E-state index >= 15 is 0 Å². The zero-order valence-corrected chi connectivity index (χ0v) is 12.3. The Kier molecular flexibility index (Phi) is 6.91. The number of esters is 1. The lowest BCUT2D eigenvalue weighted by atomic mass is 9.98. The molecule has 2 atom stereocenters. The predicted octanol–water partition coefficient (Wildman–Crippen LogP) is 1.01. The minimum absolute atomic E-state index is 0.0123. The number of carbonyl (C=O) groups is 3. The van der Waals surface area contributed by atoms with Gasteiger partial charge in [-0.2, -0.15) is 11.8 Å². The van der Waals surface area contributed by atoms with Crippen molar-refractivity contribution in [2.75, 3.05) is 24.7 Å². The smallest absolute Gasteiger partial charge is 0.302 e. The molecule has 1 aliphatic carbocycles. The SMILES string of the molecule is CC(=O)NCCSCC1C(=O)CCC1COC(C)=O. The van der Waals surface area contributed by atoms with Gasteiger partial charge in [-0.1, -0.05) is 0 Å². The molecule has 1 rings (SSSR count). The van der Waals surface area contributed by atoms with Gasteiger partial charge in [-0.25, -0.2) is 0 Å². The molecule has 0 aromatic rings. The van der Waals surface area contributed by atoms with Gasteiger partial charge in [0, 0.05) is 50.2 Å². The van der Waals surface area contributed by atoms with Crippen LogP contribution in [0.25, 0.3) is 0 Å². The van der Waals surface area contributed by atoms with E-state index in [1.54, 1.807) is 11.8 Å². The molecule has 19 heavy (non-hydrogen) atoms. The fourth-order valence-electron chi connectivity index (χ4n) is 2.14. The standard InChI is InChI=1S/C13H21NO4S/c1-9(15)14-5-6-19-8-12-11(3-4-13(12)17)7-18-10(2)16/h11-12H,3-8H2,1-2H3,(H,14,15). The van der Waals surface area contributed by atoms with Crippen molar-refractivity contribution in [1.82, 2.24) is 5.32 Å². The summed E-state index contributed by atoms with van der Waals surface area (Å²) < 4.78 is 5.01. The monoisotopic (exact) mass is 287 g/mol. The number of amides is 1. The van der Waals surface area contributed by atoms with Crippen molar-refractivity contribution in [3.8, 4) is 0 Å². The van der Waals surface area contributed by atoms with Gasteiger partial charge in [-0.05, 0) is 6.42 Å². The van der Waals surface area contributed by atoms with E-state index in [1.807, 2.05) is 0 Å². The van der Waals surface area contributed by atoms with Crippen LogP contribution in [0.4, 0.5) is 0 Å². The Morgan fingerprint density at radius 3 is 2.79 bits per heavy atom. The van der Waals surface area contributed by atoms with E-state index in [9.17, 15) is 14.4 Å². The molecular weight excluding hydrogens is 266 g/mol. The third-order valence-electron chi connectivity index (χ3n) is 3.16. The highest BCUT2D eigenvalue weighted by Crippen LogP contribution is 2.31. The Labute approximate surface area is 117 Å². The molecule has 2 unspecified atom stereocenters. The molecule has 0 bridgehead atoms. The number of Topliss-reactive ketones (excluding diaryl/α,β-unsaturated/α-hetero) is 1. The Morgan fingerprint density at radius 1 is 1.42 bits per heavy atom. The fourth-order valence-corrected chi connectivity index (χ4v) is 3.26. The van der Waals surface area contributed by atoms with E-state index < -0.39 is 0 Å². The van der Waals surface area contributed by atoms with Crippen molar-refractivity contribution in [2.24, 2.45) is 11.8 Å². The van der Waals surface area contributed by atoms with Crippen LogP contribution in [0.2, 0.25) is 0 Å². The van der Waals surface area contributed by atoms with Crippen molar-refractivity contribution in [3.63, 3.8) is 0 Å². The quantitative estimate of drug-likeness (QED) is 0.559. The number of hydrogen-bond donors (Lipinski definition) is 1. The largest absolute Gasteiger partial charge is 0.466 e. The number of hydrogen-bond acceptors (Lipinski definition) is 5. The lowest BCUT2D eigenvalue weighted by molar-refractivity contribution is -0.143. The van der Waals surface area contributed by atoms with Gasteiger partial charge < -0.3 is 10.1 Å². The van der Waals surface area contributed by atoms with Crippen LogP contribution in [0.3, 0.4) is 0 Å². The van der Waals surface area contributed by atoms with Crippen molar-refractivity contribution in [1.29, 1.82) is 0 Å². The molecule has 1 N–H and O–H groups in total. The molecule has 5 nitrogen and oxygen atoms in total. The molecule has 0 heterocycles. The summed E-state index contributed by atoms with van der Waals surface area (Å²) in [6.45, 7) is 3.84. The van der Waals surface area contributed by atoms with Gasteiger partial charge in [0.05, 0.1) is 6.61 Å². The lowest BCUT2D eigenvalue weighted by Crippen LogP contribution is -2.25. The molecule has 1 saturated carbocycles. The van der Waals surface area contributed by atoms with Gasteiger partial charge in [-0.3, -0.25) is 14.4 Å². The molecule has 1 aliphatic rings. The van der Waals surface area contributed by atoms with E-state index in [0.29, 0.717) is 19.6 Å². The molecule has 0 radical (unpaired) electrons. The second-order valence-electron chi connectivity index (χ2n) is 4.73. The zero-order chi connectivity index (χ0) is 14.3. The van der Waals surface area contributed by atoms with E-state index in [1.165, 1.54) is 13.8 Å². The Morgan fingerprint density at radius 2 is 2.16 bits per heavy atom. The van der Waals surface area contributed by atoms with Crippen LogP contribution in [0, 0.1) is 11.8 Å². The van der Waals surface area contributed by atoms with Crippen LogP contribution in [0.1, 0.15) is 26.7 Å². The van der Waals surface area contributed by atoms with Crippen LogP contribution in [0.5, 0.6) is 0 Å². The Hall–Kier alpha value is -1.04. The summed E-state index contributed by atoms with van der Waals surface area (Å²) in [5.74, 6) is 1.62. The molecule has 1 amide bonds. The second-order valence-corrected chi connectivity index (χ2v) is 5.88. The van der Waals surface area contributed by atoms with Crippen LogP contribution < -0.4 is 5.32 Å². The number of thioether (sulfide) groups is 1. The number of carbonyl (C=O) groups excluding carboxylic acids is 3. The van der Waals surface area contributed by atoms with Gasteiger partial charge in [0.1, 0.15) is 5.78 Å². The van der Waals surface area contributed by atoms with Crippen LogP contribution >= 0.6 is 11.8 Å². The Bertz CT molecular complexity index is 346. The third-order valence-corrected chi connectivity index (χ3v) is 4.25. The Balaban J connectivity index is 2.26. The second kappa shape index (κ2) is 8.19. The number of ether oxygens (including phenoxy) is 1. The maximum Gasteiger partial charge on any atom is 0.302 e. The molecule has 6 heteroatoms. The summed E-state index contributed by atoms with van der Waals surface area (Å²) in [5.41, 5.74) is 0. The summed E-state index contributed by atoms with van der Waals surface area (Å²) in [4.78, 5) is 33.3. The van der Waals surface area contributed by atoms with Crippen LogP contribution in [-0.4, -0.2) is 42.3 Å². The number of rotatable bonds is 7. The summed E-state index contributed by atoms with van der Waals surface area (Å²) in [6.07, 6.45) is 1.39. The molecule has 1 fully saturated rings. The molecule has 108 valence electrons. The summed E-state index contributed by atoms with van der Waals surface area (Å²) in [6, 6.07) is 0. The highest BCUT2D eigenvalue weighted by atomic mass is 32.2. The van der Waals surface area contributed by atoms with Crippen molar-refractivity contribution < 1.29 is 19.1 Å². The first-order chi connectivity index (χ1) is 9.00. The van der Waals surface area contributed by atoms with Gasteiger partial charge in [0.2, 0.25) is 5.91 Å². The molecule has 0 spiro atoms. The fraction of sp³-hybridized carbons (Fsp3) is 0.769. The van der Waals surface area contributed by atoms with Gasteiger partial charge in [0.25, 0.3) is 0 Å². The first kappa shape index (κ1) is 16.0. The first-order valence-corrected chi connectivity index (χ1v) is 7.64. The molecular formula is C13H21NO4S. The minimum Gasteiger partial charge on any atom is -0.466 e. The lowest BCUT2D eigenvalue weighted by Gasteiger charge is -2.17. The molecule has 0 saturated heterocycles. The van der Waals surface area contributed by atoms with Gasteiger partial charge in [0.15, 0.2) is 0 Å². The minimum atomic E-state index is -0.295. The van der Waals surface area contributed by atoms with Crippen LogP contribution in [-0.2, 0) is 19.1 Å². The number of nitrogens with one attached hydrogen (secondary N) is 1. The topological polar surface area (TPSA) is 72.5 Å². The molecule has 0 aromatic heterocycles. The highest BCUT2D eigenvalue weighted by molar-refractivity contribution is 7.99.